The lowest BCUT2D eigenvalue weighted by Gasteiger charge is -2.22. The second kappa shape index (κ2) is 9.69. The number of aliphatic hydroxyl groups is 1. The van der Waals surface area contributed by atoms with Crippen molar-refractivity contribution in [3.8, 4) is 0 Å². The third-order valence-electron chi connectivity index (χ3n) is 3.71. The summed E-state index contributed by atoms with van der Waals surface area (Å²) in [6.07, 6.45) is -0.0127. The number of ether oxygens (including phenoxy) is 2. The number of carbonyl (C=O) groups excluding carboxylic acids is 2. The van der Waals surface area contributed by atoms with Crippen molar-refractivity contribution in [1.82, 2.24) is 4.90 Å². The van der Waals surface area contributed by atoms with Gasteiger partial charge in [0.2, 0.25) is 0 Å². The number of benzene rings is 1. The summed E-state index contributed by atoms with van der Waals surface area (Å²) in [5, 5.41) is 9.37. The Morgan fingerprint density at radius 2 is 1.96 bits per heavy atom. The highest BCUT2D eigenvalue weighted by atomic mass is 16.5. The first-order chi connectivity index (χ1) is 12.6. The minimum absolute atomic E-state index is 0.0127. The molecule has 26 heavy (non-hydrogen) atoms. The predicted molar refractivity (Wildman–Crippen MR) is 92.9 cm³/mol. The zero-order valence-corrected chi connectivity index (χ0v) is 14.5. The van der Waals surface area contributed by atoms with Crippen LogP contribution in [0.15, 0.2) is 39.5 Å². The molecule has 0 fully saturated rings. The van der Waals surface area contributed by atoms with E-state index in [9.17, 15) is 14.4 Å². The molecule has 0 unspecified atom stereocenters. The molecular formula is C18H21NO7. The molecule has 0 spiro atoms. The van der Waals surface area contributed by atoms with Gasteiger partial charge in [0.25, 0.3) is 5.91 Å². The third-order valence-corrected chi connectivity index (χ3v) is 3.71. The highest BCUT2D eigenvalue weighted by Crippen LogP contribution is 2.14. The van der Waals surface area contributed by atoms with Crippen LogP contribution in [-0.4, -0.2) is 61.9 Å². The van der Waals surface area contributed by atoms with Crippen LogP contribution in [0.3, 0.4) is 0 Å². The van der Waals surface area contributed by atoms with E-state index >= 15 is 0 Å². The summed E-state index contributed by atoms with van der Waals surface area (Å²) >= 11 is 0. The van der Waals surface area contributed by atoms with E-state index < -0.39 is 17.5 Å². The average molecular weight is 363 g/mol. The van der Waals surface area contributed by atoms with Crippen LogP contribution in [0.2, 0.25) is 0 Å². The van der Waals surface area contributed by atoms with Crippen LogP contribution in [0, 0.1) is 0 Å². The summed E-state index contributed by atoms with van der Waals surface area (Å²) in [5.74, 6) is -1.02. The van der Waals surface area contributed by atoms with Crippen LogP contribution in [0.4, 0.5) is 0 Å². The van der Waals surface area contributed by atoms with Crippen LogP contribution in [0.5, 0.6) is 0 Å². The highest BCUT2D eigenvalue weighted by molar-refractivity contribution is 5.96. The molecular weight excluding hydrogens is 342 g/mol. The largest absolute Gasteiger partial charge is 0.469 e. The number of carbonyl (C=O) groups is 2. The Labute approximate surface area is 149 Å². The van der Waals surface area contributed by atoms with Crippen LogP contribution < -0.4 is 5.63 Å². The van der Waals surface area contributed by atoms with Gasteiger partial charge in [0.15, 0.2) is 0 Å². The summed E-state index contributed by atoms with van der Waals surface area (Å²) in [7, 11) is 1.26. The predicted octanol–water partition coefficient (Wildman–Crippen LogP) is 0.807. The molecule has 0 bridgehead atoms. The minimum atomic E-state index is -0.743. The van der Waals surface area contributed by atoms with Gasteiger partial charge >= 0.3 is 11.6 Å². The monoisotopic (exact) mass is 363 g/mol. The van der Waals surface area contributed by atoms with E-state index in [-0.39, 0.29) is 44.9 Å². The Hall–Kier alpha value is -2.71. The fourth-order valence-corrected chi connectivity index (χ4v) is 2.37. The van der Waals surface area contributed by atoms with Crippen LogP contribution >= 0.6 is 0 Å². The average Bonchev–Trinajstić information content (AvgIpc) is 2.66. The van der Waals surface area contributed by atoms with E-state index in [1.807, 2.05) is 0 Å². The molecule has 2 aromatic rings. The zero-order chi connectivity index (χ0) is 18.9. The third kappa shape index (κ3) is 5.14. The summed E-state index contributed by atoms with van der Waals surface area (Å²) < 4.78 is 15.0. The van der Waals surface area contributed by atoms with Gasteiger partial charge in [0, 0.05) is 18.5 Å². The molecule has 0 aliphatic rings. The summed E-state index contributed by atoms with van der Waals surface area (Å²) in [6.45, 7) is 0.385. The molecule has 8 nitrogen and oxygen atoms in total. The van der Waals surface area contributed by atoms with E-state index in [1.165, 1.54) is 18.1 Å². The number of rotatable bonds is 9. The first-order valence-corrected chi connectivity index (χ1v) is 8.14. The van der Waals surface area contributed by atoms with E-state index in [2.05, 4.69) is 4.74 Å². The second-order valence-electron chi connectivity index (χ2n) is 5.44. The second-order valence-corrected chi connectivity index (χ2v) is 5.44. The van der Waals surface area contributed by atoms with Crippen LogP contribution in [-0.2, 0) is 14.3 Å². The van der Waals surface area contributed by atoms with Crippen molar-refractivity contribution in [1.29, 1.82) is 0 Å². The smallest absolute Gasteiger partial charge is 0.349 e. The Balaban J connectivity index is 2.21. The molecule has 1 amide bonds. The van der Waals surface area contributed by atoms with E-state index in [1.54, 1.807) is 24.3 Å². The maximum atomic E-state index is 12.8. The zero-order valence-electron chi connectivity index (χ0n) is 14.5. The van der Waals surface area contributed by atoms with Gasteiger partial charge in [-0.3, -0.25) is 9.59 Å². The molecule has 140 valence electrons. The number of amides is 1. The van der Waals surface area contributed by atoms with Crippen molar-refractivity contribution in [2.75, 3.05) is 40.0 Å². The summed E-state index contributed by atoms with van der Waals surface area (Å²) in [4.78, 5) is 37.7. The van der Waals surface area contributed by atoms with E-state index in [0.717, 1.165) is 0 Å². The van der Waals surface area contributed by atoms with Gasteiger partial charge < -0.3 is 23.9 Å². The minimum Gasteiger partial charge on any atom is -0.469 e. The fraction of sp³-hybridized carbons (Fsp3) is 0.389. The van der Waals surface area contributed by atoms with Gasteiger partial charge in [0.05, 0.1) is 33.4 Å². The topological polar surface area (TPSA) is 106 Å². The quantitative estimate of drug-likeness (QED) is 0.399. The Bertz CT molecular complexity index is 815. The Morgan fingerprint density at radius 1 is 1.19 bits per heavy atom. The number of nitrogens with zero attached hydrogens (tertiary/aromatic N) is 1. The lowest BCUT2D eigenvalue weighted by molar-refractivity contribution is -0.140. The molecule has 0 aliphatic heterocycles. The van der Waals surface area contributed by atoms with Crippen molar-refractivity contribution in [2.24, 2.45) is 0 Å². The summed E-state index contributed by atoms with van der Waals surface area (Å²) in [6, 6.07) is 8.35. The number of aliphatic hydroxyl groups excluding tert-OH is 1. The van der Waals surface area contributed by atoms with Gasteiger partial charge in [-0.2, -0.15) is 0 Å². The lowest BCUT2D eigenvalue weighted by atomic mass is 10.1. The number of para-hydroxylation sites is 1. The molecule has 0 aliphatic carbocycles. The number of methoxy groups -OCH3 is 1. The van der Waals surface area contributed by atoms with E-state index in [4.69, 9.17) is 14.3 Å². The van der Waals surface area contributed by atoms with Gasteiger partial charge in [-0.25, -0.2) is 4.79 Å². The fourth-order valence-electron chi connectivity index (χ4n) is 2.37. The number of hydrogen-bond donors (Lipinski definition) is 1. The molecule has 0 radical (unpaired) electrons. The highest BCUT2D eigenvalue weighted by Gasteiger charge is 2.21. The number of hydrogen-bond acceptors (Lipinski definition) is 7. The molecule has 1 N–H and O–H groups in total. The SMILES string of the molecule is COC(=O)CCN(CCOCCO)C(=O)c1cc2ccccc2oc1=O. The van der Waals surface area contributed by atoms with E-state index in [0.29, 0.717) is 11.0 Å². The first-order valence-electron chi connectivity index (χ1n) is 8.14. The molecule has 1 aromatic heterocycles. The van der Waals surface area contributed by atoms with Crippen molar-refractivity contribution in [3.63, 3.8) is 0 Å². The van der Waals surface area contributed by atoms with Gasteiger partial charge in [0.1, 0.15) is 11.1 Å². The molecule has 0 atom stereocenters. The molecule has 1 heterocycles. The molecule has 2 rings (SSSR count). The first kappa shape index (κ1) is 19.6. The summed E-state index contributed by atoms with van der Waals surface area (Å²) in [5.41, 5.74) is -0.467. The number of fused-ring (bicyclic) bond motifs is 1. The Kier molecular flexibility index (Phi) is 7.31. The van der Waals surface area contributed by atoms with Crippen molar-refractivity contribution in [2.45, 2.75) is 6.42 Å². The normalized spacial score (nSPS) is 10.7. The molecule has 0 saturated carbocycles. The van der Waals surface area contributed by atoms with Crippen LogP contribution in [0.1, 0.15) is 16.8 Å². The van der Waals surface area contributed by atoms with Gasteiger partial charge in [-0.05, 0) is 12.1 Å². The van der Waals surface area contributed by atoms with Crippen LogP contribution in [0.25, 0.3) is 11.0 Å². The standard InChI is InChI=1S/C18H21NO7/c1-24-16(21)6-7-19(8-10-25-11-9-20)17(22)14-12-13-4-2-3-5-15(13)26-18(14)23/h2-5,12,20H,6-11H2,1H3. The van der Waals surface area contributed by atoms with Gasteiger partial charge in [-0.1, -0.05) is 18.2 Å². The molecule has 1 aromatic carbocycles. The Morgan fingerprint density at radius 3 is 2.69 bits per heavy atom. The van der Waals surface area contributed by atoms with Crippen molar-refractivity contribution in [3.05, 3.63) is 46.3 Å². The molecule has 8 heteroatoms. The van der Waals surface area contributed by atoms with Crippen molar-refractivity contribution < 1.29 is 28.6 Å². The van der Waals surface area contributed by atoms with Crippen molar-refractivity contribution >= 4 is 22.8 Å². The maximum Gasteiger partial charge on any atom is 0.349 e. The molecule has 0 saturated heterocycles. The van der Waals surface area contributed by atoms with Gasteiger partial charge in [-0.15, -0.1) is 0 Å². The maximum absolute atomic E-state index is 12.8. The lowest BCUT2D eigenvalue weighted by Crippen LogP contribution is -2.38. The number of esters is 1.